The summed E-state index contributed by atoms with van der Waals surface area (Å²) in [5.74, 6) is 0. The minimum atomic E-state index is 0.734. The van der Waals surface area contributed by atoms with Crippen LogP contribution in [-0.4, -0.2) is 10.9 Å². The molecule has 0 unspecified atom stereocenters. The van der Waals surface area contributed by atoms with Crippen LogP contribution >= 0.6 is 0 Å². The van der Waals surface area contributed by atoms with E-state index < -0.39 is 0 Å². The summed E-state index contributed by atoms with van der Waals surface area (Å²) in [5, 5.41) is 1.00. The van der Waals surface area contributed by atoms with E-state index in [4.69, 9.17) is 0 Å². The molecule has 0 spiro atoms. The molecule has 0 amide bonds. The molecule has 0 aliphatic rings. The Morgan fingerprint density at radius 2 is 1.42 bits per heavy atom. The Hall–Kier alpha value is -3.13. The van der Waals surface area contributed by atoms with Gasteiger partial charge in [0, 0.05) is 23.0 Å². The summed E-state index contributed by atoms with van der Waals surface area (Å²) in [6.45, 7) is 4.90. The fourth-order valence-corrected chi connectivity index (χ4v) is 3.51. The average Bonchev–Trinajstić information content (AvgIpc) is 2.98. The fraction of sp³-hybridized carbons (Fsp3) is 0.125. The van der Waals surface area contributed by atoms with E-state index in [9.17, 15) is 4.79 Å². The highest BCUT2D eigenvalue weighted by Gasteiger charge is 2.18. The van der Waals surface area contributed by atoms with Crippen LogP contribution in [0.1, 0.15) is 27.0 Å². The third-order valence-corrected chi connectivity index (χ3v) is 4.91. The molecule has 0 atom stereocenters. The van der Waals surface area contributed by atoms with E-state index in [-0.39, 0.29) is 0 Å². The van der Waals surface area contributed by atoms with Gasteiger partial charge in [-0.15, -0.1) is 0 Å². The first-order valence-electron chi connectivity index (χ1n) is 8.86. The molecule has 26 heavy (non-hydrogen) atoms. The Kier molecular flexibility index (Phi) is 4.18. The largest absolute Gasteiger partial charge is 0.335 e. The molecule has 0 N–H and O–H groups in total. The normalized spacial score (nSPS) is 11.0. The Morgan fingerprint density at radius 3 is 2.08 bits per heavy atom. The molecule has 0 saturated carbocycles. The van der Waals surface area contributed by atoms with Crippen molar-refractivity contribution in [2.24, 2.45) is 0 Å². The van der Waals surface area contributed by atoms with Crippen molar-refractivity contribution in [1.29, 1.82) is 0 Å². The first kappa shape index (κ1) is 16.3. The third kappa shape index (κ3) is 2.84. The SMILES string of the molecule is Cc1ccc(Cn2c(-c3ccc(C)cc3)c(C=O)c3ccccc32)cc1. The first-order valence-corrected chi connectivity index (χ1v) is 8.86. The Balaban J connectivity index is 1.97. The summed E-state index contributed by atoms with van der Waals surface area (Å²) in [7, 11) is 0. The first-order chi connectivity index (χ1) is 12.7. The van der Waals surface area contributed by atoms with Gasteiger partial charge in [-0.2, -0.15) is 0 Å². The van der Waals surface area contributed by atoms with E-state index in [1.54, 1.807) is 0 Å². The number of rotatable bonds is 4. The van der Waals surface area contributed by atoms with Gasteiger partial charge in [0.2, 0.25) is 0 Å². The van der Waals surface area contributed by atoms with Crippen molar-refractivity contribution < 1.29 is 4.79 Å². The second-order valence-electron chi connectivity index (χ2n) is 6.84. The van der Waals surface area contributed by atoms with Crippen molar-refractivity contribution in [2.75, 3.05) is 0 Å². The molecule has 128 valence electrons. The van der Waals surface area contributed by atoms with Gasteiger partial charge in [-0.1, -0.05) is 77.9 Å². The average molecular weight is 339 g/mol. The predicted molar refractivity (Wildman–Crippen MR) is 108 cm³/mol. The van der Waals surface area contributed by atoms with Crippen molar-refractivity contribution in [1.82, 2.24) is 4.57 Å². The van der Waals surface area contributed by atoms with Crippen molar-refractivity contribution >= 4 is 17.2 Å². The van der Waals surface area contributed by atoms with Gasteiger partial charge in [-0.25, -0.2) is 0 Å². The smallest absolute Gasteiger partial charge is 0.152 e. The fourth-order valence-electron chi connectivity index (χ4n) is 3.51. The van der Waals surface area contributed by atoms with Crippen LogP contribution < -0.4 is 0 Å². The number of aromatic nitrogens is 1. The van der Waals surface area contributed by atoms with Crippen LogP contribution in [0, 0.1) is 13.8 Å². The number of fused-ring (bicyclic) bond motifs is 1. The van der Waals surface area contributed by atoms with Gasteiger partial charge >= 0.3 is 0 Å². The minimum Gasteiger partial charge on any atom is -0.335 e. The zero-order valence-corrected chi connectivity index (χ0v) is 15.1. The molecule has 4 aromatic rings. The van der Waals surface area contributed by atoms with E-state index in [1.165, 1.54) is 16.7 Å². The topological polar surface area (TPSA) is 22.0 Å². The number of carbonyl (C=O) groups excluding carboxylic acids is 1. The molecule has 3 aromatic carbocycles. The lowest BCUT2D eigenvalue weighted by molar-refractivity contribution is 0.112. The second-order valence-corrected chi connectivity index (χ2v) is 6.84. The van der Waals surface area contributed by atoms with Crippen LogP contribution in [-0.2, 0) is 6.54 Å². The van der Waals surface area contributed by atoms with Crippen molar-refractivity contribution in [3.05, 3.63) is 95.1 Å². The lowest BCUT2D eigenvalue weighted by Crippen LogP contribution is -2.02. The monoisotopic (exact) mass is 339 g/mol. The number of carbonyl (C=O) groups is 1. The van der Waals surface area contributed by atoms with Crippen molar-refractivity contribution in [3.63, 3.8) is 0 Å². The minimum absolute atomic E-state index is 0.734. The standard InChI is InChI=1S/C24H21NO/c1-17-7-11-19(12-8-17)15-25-23-6-4-3-5-21(23)22(16-26)24(25)20-13-9-18(2)10-14-20/h3-14,16H,15H2,1-2H3. The zero-order chi connectivity index (χ0) is 18.1. The molecule has 1 aromatic heterocycles. The molecular weight excluding hydrogens is 318 g/mol. The van der Waals surface area contributed by atoms with E-state index in [0.717, 1.165) is 40.6 Å². The van der Waals surface area contributed by atoms with Gasteiger partial charge in [-0.3, -0.25) is 4.79 Å². The Morgan fingerprint density at radius 1 is 0.808 bits per heavy atom. The molecule has 0 aliphatic carbocycles. The highest BCUT2D eigenvalue weighted by Crippen LogP contribution is 2.33. The van der Waals surface area contributed by atoms with Gasteiger partial charge in [0.05, 0.1) is 5.69 Å². The number of hydrogen-bond donors (Lipinski definition) is 0. The highest BCUT2D eigenvalue weighted by atomic mass is 16.1. The van der Waals surface area contributed by atoms with E-state index in [0.29, 0.717) is 0 Å². The molecule has 4 rings (SSSR count). The van der Waals surface area contributed by atoms with Gasteiger partial charge in [0.1, 0.15) is 0 Å². The van der Waals surface area contributed by atoms with E-state index in [2.05, 4.69) is 73.0 Å². The third-order valence-electron chi connectivity index (χ3n) is 4.91. The molecule has 2 nitrogen and oxygen atoms in total. The van der Waals surface area contributed by atoms with Crippen molar-refractivity contribution in [3.8, 4) is 11.3 Å². The Labute approximate surface area is 153 Å². The van der Waals surface area contributed by atoms with Crippen LogP contribution in [0.4, 0.5) is 0 Å². The quantitative estimate of drug-likeness (QED) is 0.432. The molecule has 0 aliphatic heterocycles. The number of aldehydes is 1. The maximum Gasteiger partial charge on any atom is 0.152 e. The van der Waals surface area contributed by atoms with Gasteiger partial charge in [-0.05, 0) is 31.0 Å². The van der Waals surface area contributed by atoms with E-state index >= 15 is 0 Å². The molecule has 0 bridgehead atoms. The lowest BCUT2D eigenvalue weighted by Gasteiger charge is -2.12. The van der Waals surface area contributed by atoms with Gasteiger partial charge in [0.25, 0.3) is 0 Å². The summed E-state index contributed by atoms with van der Waals surface area (Å²) < 4.78 is 2.26. The van der Waals surface area contributed by atoms with Crippen LogP contribution in [0.15, 0.2) is 72.8 Å². The van der Waals surface area contributed by atoms with Crippen LogP contribution in [0.25, 0.3) is 22.2 Å². The predicted octanol–water partition coefficient (Wildman–Crippen LogP) is 5.79. The number of benzene rings is 3. The van der Waals surface area contributed by atoms with Crippen LogP contribution in [0.5, 0.6) is 0 Å². The van der Waals surface area contributed by atoms with Crippen molar-refractivity contribution in [2.45, 2.75) is 20.4 Å². The van der Waals surface area contributed by atoms with Crippen LogP contribution in [0.3, 0.4) is 0 Å². The number of hydrogen-bond acceptors (Lipinski definition) is 1. The molecule has 2 heteroatoms. The highest BCUT2D eigenvalue weighted by molar-refractivity contribution is 6.05. The molecule has 0 fully saturated rings. The summed E-state index contributed by atoms with van der Waals surface area (Å²) in [6, 6.07) is 25.1. The molecular formula is C24H21NO. The summed E-state index contributed by atoms with van der Waals surface area (Å²) in [5.41, 5.74) is 7.59. The summed E-state index contributed by atoms with van der Waals surface area (Å²) in [6.07, 6.45) is 0.989. The molecule has 0 saturated heterocycles. The zero-order valence-electron chi connectivity index (χ0n) is 15.1. The molecule has 0 radical (unpaired) electrons. The van der Waals surface area contributed by atoms with Crippen LogP contribution in [0.2, 0.25) is 0 Å². The summed E-state index contributed by atoms with van der Waals surface area (Å²) >= 11 is 0. The van der Waals surface area contributed by atoms with E-state index in [1.807, 2.05) is 18.2 Å². The summed E-state index contributed by atoms with van der Waals surface area (Å²) in [4.78, 5) is 12.0. The van der Waals surface area contributed by atoms with Gasteiger partial charge < -0.3 is 4.57 Å². The number of aryl methyl sites for hydroxylation is 2. The maximum atomic E-state index is 12.0. The van der Waals surface area contributed by atoms with Gasteiger partial charge in [0.15, 0.2) is 6.29 Å². The number of nitrogens with zero attached hydrogens (tertiary/aromatic N) is 1. The maximum absolute atomic E-state index is 12.0. The number of para-hydroxylation sites is 1. The Bertz CT molecular complexity index is 1070. The molecule has 1 heterocycles. The lowest BCUT2D eigenvalue weighted by atomic mass is 10.0. The second kappa shape index (κ2) is 6.64.